The van der Waals surface area contributed by atoms with Gasteiger partial charge in [0, 0.05) is 13.2 Å². The summed E-state index contributed by atoms with van der Waals surface area (Å²) in [5, 5.41) is 8.67. The molecule has 1 heterocycles. The molecule has 3 atom stereocenters. The largest absolute Gasteiger partial charge is 0.772 e. The third kappa shape index (κ3) is 2.36. The zero-order valence-corrected chi connectivity index (χ0v) is 8.19. The lowest BCUT2D eigenvalue weighted by atomic mass is 10.2. The molecule has 5 nitrogen and oxygen atoms in total. The van der Waals surface area contributed by atoms with Crippen molar-refractivity contribution in [2.75, 3.05) is 0 Å². The summed E-state index contributed by atoms with van der Waals surface area (Å²) >= 11 is -2.28. The summed E-state index contributed by atoms with van der Waals surface area (Å²) in [6, 6.07) is 0. The molecule has 0 aliphatic heterocycles. The molecule has 0 spiro atoms. The van der Waals surface area contributed by atoms with Crippen LogP contribution in [0.1, 0.15) is 18.7 Å². The number of rotatable bonds is 3. The van der Waals surface area contributed by atoms with E-state index in [2.05, 4.69) is 4.98 Å². The Labute approximate surface area is 78.7 Å². The van der Waals surface area contributed by atoms with Crippen molar-refractivity contribution in [1.29, 1.82) is 0 Å². The zero-order chi connectivity index (χ0) is 10.0. The Morgan fingerprint density at radius 1 is 1.77 bits per heavy atom. The molecular weight excluding hydrogens is 192 g/mol. The molecule has 0 saturated heterocycles. The molecular formula is C7H11N2O3S-. The Balaban J connectivity index is 2.78. The number of imidazole rings is 1. The summed E-state index contributed by atoms with van der Waals surface area (Å²) in [6.07, 6.45) is 2.05. The van der Waals surface area contributed by atoms with Crippen LogP contribution in [0.25, 0.3) is 0 Å². The van der Waals surface area contributed by atoms with Crippen molar-refractivity contribution < 1.29 is 13.9 Å². The second-order valence-corrected chi connectivity index (χ2v) is 4.14. The fourth-order valence-electron chi connectivity index (χ4n) is 0.931. The van der Waals surface area contributed by atoms with Gasteiger partial charge in [0.15, 0.2) is 0 Å². The predicted molar refractivity (Wildman–Crippen MR) is 46.5 cm³/mol. The Morgan fingerprint density at radius 2 is 2.38 bits per heavy atom. The van der Waals surface area contributed by atoms with Gasteiger partial charge >= 0.3 is 0 Å². The highest BCUT2D eigenvalue weighted by atomic mass is 32.2. The van der Waals surface area contributed by atoms with Crippen molar-refractivity contribution in [3.05, 3.63) is 18.2 Å². The topological polar surface area (TPSA) is 78.2 Å². The number of hydrogen-bond donors (Lipinski definition) is 1. The van der Waals surface area contributed by atoms with E-state index in [1.165, 1.54) is 13.3 Å². The fourth-order valence-corrected chi connectivity index (χ4v) is 1.28. The average molecular weight is 203 g/mol. The Bertz CT molecular complexity index is 312. The highest BCUT2D eigenvalue weighted by Crippen LogP contribution is 2.17. The third-order valence-corrected chi connectivity index (χ3v) is 2.64. The van der Waals surface area contributed by atoms with E-state index in [1.807, 2.05) is 0 Å². The second-order valence-electron chi connectivity index (χ2n) is 2.87. The summed E-state index contributed by atoms with van der Waals surface area (Å²) in [6.45, 7) is 1.43. The maximum atomic E-state index is 10.5. The molecule has 6 heteroatoms. The number of aromatic nitrogens is 2. The van der Waals surface area contributed by atoms with E-state index in [1.54, 1.807) is 17.8 Å². The van der Waals surface area contributed by atoms with Crippen molar-refractivity contribution in [1.82, 2.24) is 9.55 Å². The second kappa shape index (κ2) is 3.99. The molecule has 0 aliphatic carbocycles. The maximum absolute atomic E-state index is 10.5. The number of hydrogen-bond acceptors (Lipinski definition) is 4. The van der Waals surface area contributed by atoms with E-state index in [9.17, 15) is 13.9 Å². The van der Waals surface area contributed by atoms with Crippen LogP contribution in [0.5, 0.6) is 0 Å². The quantitative estimate of drug-likeness (QED) is 0.685. The van der Waals surface area contributed by atoms with E-state index in [-0.39, 0.29) is 0 Å². The number of aliphatic hydroxyl groups excluding tert-OH is 1. The molecule has 1 aromatic heterocycles. The van der Waals surface area contributed by atoms with Crippen LogP contribution in [0.3, 0.4) is 0 Å². The number of aryl methyl sites for hydroxylation is 1. The lowest BCUT2D eigenvalue weighted by Gasteiger charge is -2.19. The maximum Gasteiger partial charge on any atom is 0.110 e. The number of aliphatic hydroxyl groups is 1. The van der Waals surface area contributed by atoms with Gasteiger partial charge in [-0.3, -0.25) is 4.21 Å². The molecule has 13 heavy (non-hydrogen) atoms. The highest BCUT2D eigenvalue weighted by Gasteiger charge is 2.18. The smallest absolute Gasteiger partial charge is 0.110 e. The molecule has 1 unspecified atom stereocenters. The van der Waals surface area contributed by atoms with Gasteiger partial charge in [0.05, 0.1) is 17.3 Å². The van der Waals surface area contributed by atoms with Crippen molar-refractivity contribution >= 4 is 11.1 Å². The summed E-state index contributed by atoms with van der Waals surface area (Å²) in [4.78, 5) is 3.86. The van der Waals surface area contributed by atoms with Crippen LogP contribution in [0, 0.1) is 0 Å². The summed E-state index contributed by atoms with van der Waals surface area (Å²) in [5.74, 6) is 0. The molecule has 1 N–H and O–H groups in total. The van der Waals surface area contributed by atoms with Crippen molar-refractivity contribution in [2.45, 2.75) is 18.3 Å². The van der Waals surface area contributed by atoms with Gasteiger partial charge in [-0.25, -0.2) is 4.98 Å². The Hall–Kier alpha value is -0.720. The average Bonchev–Trinajstić information content (AvgIpc) is 2.49. The standard InChI is InChI=1S/C7H12N2O3S/c1-5(13(11)12)7(10)6-3-9(2)4-8-6/h3-5,7,10H,1-2H3,(H,11,12)/p-1/t5-,7+/m1/s1. The molecule has 1 aromatic rings. The molecule has 0 fully saturated rings. The molecule has 0 amide bonds. The van der Waals surface area contributed by atoms with E-state index < -0.39 is 22.4 Å². The normalized spacial score (nSPS) is 18.2. The molecule has 0 saturated carbocycles. The first kappa shape index (κ1) is 10.4. The summed E-state index contributed by atoms with van der Waals surface area (Å²) < 4.78 is 22.7. The first-order valence-electron chi connectivity index (χ1n) is 3.76. The SMILES string of the molecule is C[C@H]([C@H](O)c1cn(C)cn1)S(=O)[O-]. The van der Waals surface area contributed by atoms with E-state index in [0.717, 1.165) is 0 Å². The van der Waals surface area contributed by atoms with Gasteiger partial charge in [-0.15, -0.1) is 0 Å². The van der Waals surface area contributed by atoms with Gasteiger partial charge in [-0.05, 0) is 18.0 Å². The molecule has 0 bridgehead atoms. The van der Waals surface area contributed by atoms with Gasteiger partial charge in [0.1, 0.15) is 6.10 Å². The first-order chi connectivity index (χ1) is 6.02. The van der Waals surface area contributed by atoms with Crippen molar-refractivity contribution in [2.24, 2.45) is 7.05 Å². The lowest BCUT2D eigenvalue weighted by Crippen LogP contribution is -2.20. The third-order valence-electron chi connectivity index (χ3n) is 1.78. The number of nitrogens with zero attached hydrogens (tertiary/aromatic N) is 2. The van der Waals surface area contributed by atoms with Crippen LogP contribution in [-0.2, 0) is 18.1 Å². The van der Waals surface area contributed by atoms with Crippen LogP contribution in [0.2, 0.25) is 0 Å². The molecule has 74 valence electrons. The summed E-state index contributed by atoms with van der Waals surface area (Å²) in [7, 11) is 1.75. The van der Waals surface area contributed by atoms with Gasteiger partial charge in [0.2, 0.25) is 0 Å². The monoisotopic (exact) mass is 203 g/mol. The van der Waals surface area contributed by atoms with Crippen LogP contribution >= 0.6 is 0 Å². The lowest BCUT2D eigenvalue weighted by molar-refractivity contribution is 0.170. The van der Waals surface area contributed by atoms with Crippen LogP contribution < -0.4 is 0 Å². The predicted octanol–water partition coefficient (Wildman–Crippen LogP) is -0.279. The van der Waals surface area contributed by atoms with Crippen molar-refractivity contribution in [3.63, 3.8) is 0 Å². The molecule has 1 rings (SSSR count). The van der Waals surface area contributed by atoms with Gasteiger partial charge < -0.3 is 14.2 Å². The first-order valence-corrected chi connectivity index (χ1v) is 4.90. The van der Waals surface area contributed by atoms with Crippen LogP contribution in [0.4, 0.5) is 0 Å². The fraction of sp³-hybridized carbons (Fsp3) is 0.571. The minimum atomic E-state index is -2.28. The van der Waals surface area contributed by atoms with E-state index >= 15 is 0 Å². The van der Waals surface area contributed by atoms with E-state index in [0.29, 0.717) is 5.69 Å². The van der Waals surface area contributed by atoms with Gasteiger partial charge in [-0.2, -0.15) is 0 Å². The Morgan fingerprint density at radius 3 is 2.77 bits per heavy atom. The van der Waals surface area contributed by atoms with E-state index in [4.69, 9.17) is 0 Å². The van der Waals surface area contributed by atoms with Crippen LogP contribution in [0.15, 0.2) is 12.5 Å². The van der Waals surface area contributed by atoms with Gasteiger partial charge in [-0.1, -0.05) is 0 Å². The zero-order valence-electron chi connectivity index (χ0n) is 7.38. The molecule has 0 aliphatic rings. The summed E-state index contributed by atoms with van der Waals surface area (Å²) in [5.41, 5.74) is 0.374. The molecule has 0 radical (unpaired) electrons. The molecule has 0 aromatic carbocycles. The minimum Gasteiger partial charge on any atom is -0.772 e. The van der Waals surface area contributed by atoms with Crippen LogP contribution in [-0.4, -0.2) is 28.7 Å². The Kier molecular flexibility index (Phi) is 3.18. The minimum absolute atomic E-state index is 0.374. The highest BCUT2D eigenvalue weighted by molar-refractivity contribution is 7.79. The van der Waals surface area contributed by atoms with Gasteiger partial charge in [0.25, 0.3) is 0 Å². The van der Waals surface area contributed by atoms with Crippen molar-refractivity contribution in [3.8, 4) is 0 Å².